The third-order valence-electron chi connectivity index (χ3n) is 6.28. The Morgan fingerprint density at radius 3 is 2.05 bits per heavy atom. The summed E-state index contributed by atoms with van der Waals surface area (Å²) in [7, 11) is 0.983. The number of halogens is 2. The summed E-state index contributed by atoms with van der Waals surface area (Å²) in [6.45, 7) is 4.21. The number of amides is 2. The average Bonchev–Trinajstić information content (AvgIpc) is 3.43. The van der Waals surface area contributed by atoms with Crippen LogP contribution < -0.4 is 10.8 Å². The zero-order chi connectivity index (χ0) is 26.8. The highest BCUT2D eigenvalue weighted by atomic mass is 19.3. The third-order valence-corrected chi connectivity index (χ3v) is 6.28. The predicted octanol–water partition coefficient (Wildman–Crippen LogP) is 2.96. The summed E-state index contributed by atoms with van der Waals surface area (Å²) in [5, 5.41) is 11.1. The quantitative estimate of drug-likeness (QED) is 0.289. The molecule has 2 aromatic rings. The van der Waals surface area contributed by atoms with E-state index in [1.54, 1.807) is 12.1 Å². The molecule has 0 saturated carbocycles. The van der Waals surface area contributed by atoms with Gasteiger partial charge in [0.25, 0.3) is 18.2 Å². The summed E-state index contributed by atoms with van der Waals surface area (Å²) < 4.78 is 31.8. The highest BCUT2D eigenvalue weighted by molar-refractivity contribution is 5.97. The van der Waals surface area contributed by atoms with Crippen LogP contribution in [0.2, 0.25) is 0 Å². The number of nitrogens with one attached hydrogen (secondary N) is 2. The van der Waals surface area contributed by atoms with Gasteiger partial charge in [-0.2, -0.15) is 0 Å². The molecule has 0 bridgehead atoms. The molecule has 3 rings (SSSR count). The van der Waals surface area contributed by atoms with Crippen molar-refractivity contribution in [1.82, 2.24) is 15.7 Å². The van der Waals surface area contributed by atoms with Gasteiger partial charge in [-0.05, 0) is 86.7 Å². The van der Waals surface area contributed by atoms with Gasteiger partial charge in [-0.25, -0.2) is 14.3 Å². The Balaban J connectivity index is 1.61. The maximum absolute atomic E-state index is 13.5. The van der Waals surface area contributed by atoms with Crippen LogP contribution in [0.3, 0.4) is 0 Å². The summed E-state index contributed by atoms with van der Waals surface area (Å²) in [4.78, 5) is 27.0. The second kappa shape index (κ2) is 13.0. The van der Waals surface area contributed by atoms with Crippen molar-refractivity contribution in [3.8, 4) is 23.7 Å². The number of likely N-dealkylation sites (tertiary alicyclic amines) is 1. The highest BCUT2D eigenvalue weighted by Crippen LogP contribution is 2.24. The Labute approximate surface area is 215 Å². The Morgan fingerprint density at radius 2 is 1.57 bits per heavy atom. The zero-order valence-electron chi connectivity index (χ0n) is 20.7. The number of carbonyl (C=O) groups is 2. The molecular weight excluding hydrogens is 480 g/mol. The van der Waals surface area contributed by atoms with Gasteiger partial charge in [-0.3, -0.25) is 19.7 Å². The SMILES string of the molecule is COC(C)(C(F)F)[C@H](NC(=O)c1ccc(C#CC#Cc2ccc(CN3CCCC3)cc2)cc1)C(=O)NO. The fraction of sp³-hybridized carbons (Fsp3) is 0.357. The van der Waals surface area contributed by atoms with Crippen molar-refractivity contribution in [3.63, 3.8) is 0 Å². The second-order valence-corrected chi connectivity index (χ2v) is 8.83. The fourth-order valence-corrected chi connectivity index (χ4v) is 3.89. The van der Waals surface area contributed by atoms with E-state index in [1.807, 2.05) is 12.1 Å². The molecule has 3 N–H and O–H groups in total. The van der Waals surface area contributed by atoms with Crippen LogP contribution in [-0.4, -0.2) is 60.2 Å². The van der Waals surface area contributed by atoms with E-state index in [-0.39, 0.29) is 5.56 Å². The molecule has 1 heterocycles. The number of rotatable bonds is 8. The Kier molecular flexibility index (Phi) is 9.76. The molecule has 9 heteroatoms. The van der Waals surface area contributed by atoms with Gasteiger partial charge in [0.15, 0.2) is 5.60 Å². The van der Waals surface area contributed by atoms with Crippen LogP contribution in [0, 0.1) is 23.7 Å². The van der Waals surface area contributed by atoms with E-state index in [9.17, 15) is 18.4 Å². The van der Waals surface area contributed by atoms with Crippen LogP contribution in [0.15, 0.2) is 48.5 Å². The van der Waals surface area contributed by atoms with Crippen molar-refractivity contribution in [2.24, 2.45) is 0 Å². The molecular formula is C28H29F2N3O4. The summed E-state index contributed by atoms with van der Waals surface area (Å²) in [6.07, 6.45) is -0.597. The molecule has 37 heavy (non-hydrogen) atoms. The van der Waals surface area contributed by atoms with Gasteiger partial charge in [0.05, 0.1) is 0 Å². The Bertz CT molecular complexity index is 1200. The van der Waals surface area contributed by atoms with Crippen LogP contribution >= 0.6 is 0 Å². The first-order valence-corrected chi connectivity index (χ1v) is 11.8. The molecule has 194 valence electrons. The molecule has 0 aromatic heterocycles. The first kappa shape index (κ1) is 27.8. The number of methoxy groups -OCH3 is 1. The van der Waals surface area contributed by atoms with Gasteiger partial charge in [0.2, 0.25) is 0 Å². The van der Waals surface area contributed by atoms with Gasteiger partial charge in [-0.15, -0.1) is 0 Å². The Hall–Kier alpha value is -3.76. The van der Waals surface area contributed by atoms with E-state index in [0.29, 0.717) is 5.56 Å². The molecule has 0 spiro atoms. The van der Waals surface area contributed by atoms with Gasteiger partial charge >= 0.3 is 0 Å². The molecule has 1 aliphatic heterocycles. The summed E-state index contributed by atoms with van der Waals surface area (Å²) in [6, 6.07) is 12.3. The van der Waals surface area contributed by atoms with E-state index in [1.165, 1.54) is 36.0 Å². The molecule has 1 saturated heterocycles. The normalized spacial score (nSPS) is 15.5. The van der Waals surface area contributed by atoms with Crippen LogP contribution in [0.25, 0.3) is 0 Å². The lowest BCUT2D eigenvalue weighted by molar-refractivity contribution is -0.157. The van der Waals surface area contributed by atoms with Crippen molar-refractivity contribution >= 4 is 11.8 Å². The number of nitrogens with zero attached hydrogens (tertiary/aromatic N) is 1. The lowest BCUT2D eigenvalue weighted by atomic mass is 9.95. The number of hydroxylamine groups is 1. The number of hydrogen-bond acceptors (Lipinski definition) is 5. The molecule has 2 aromatic carbocycles. The van der Waals surface area contributed by atoms with Crippen LogP contribution in [0.1, 0.15) is 46.8 Å². The van der Waals surface area contributed by atoms with E-state index < -0.39 is 29.9 Å². The third kappa shape index (κ3) is 7.37. The summed E-state index contributed by atoms with van der Waals surface area (Å²) in [5.74, 6) is 9.41. The van der Waals surface area contributed by atoms with E-state index >= 15 is 0 Å². The average molecular weight is 510 g/mol. The van der Waals surface area contributed by atoms with Gasteiger partial charge in [0.1, 0.15) is 6.04 Å². The van der Waals surface area contributed by atoms with Crippen LogP contribution in [-0.2, 0) is 16.1 Å². The molecule has 1 fully saturated rings. The summed E-state index contributed by atoms with van der Waals surface area (Å²) in [5.41, 5.74) is 1.73. The number of hydrogen-bond donors (Lipinski definition) is 3. The van der Waals surface area contributed by atoms with Gasteiger partial charge in [0, 0.05) is 30.3 Å². The van der Waals surface area contributed by atoms with Crippen LogP contribution in [0.4, 0.5) is 8.78 Å². The first-order chi connectivity index (χ1) is 17.8. The maximum Gasteiger partial charge on any atom is 0.269 e. The standard InChI is InChI=1S/C28H29F2N3O4/c1-28(37-2,27(29)30)24(26(35)32-36)31-25(34)23-15-13-21(14-16-23)8-4-3-7-20-9-11-22(12-10-20)19-33-17-5-6-18-33/h9-16,24,27,36H,5-6,17-19H2,1-2H3,(H,31,34)(H,32,35)/t24-,28?/m1/s1. The molecule has 1 aliphatic rings. The maximum atomic E-state index is 13.5. The molecule has 2 atom stereocenters. The minimum Gasteiger partial charge on any atom is -0.370 e. The zero-order valence-corrected chi connectivity index (χ0v) is 20.7. The van der Waals surface area contributed by atoms with Gasteiger partial charge in [-0.1, -0.05) is 24.0 Å². The molecule has 0 radical (unpaired) electrons. The van der Waals surface area contributed by atoms with Crippen molar-refractivity contribution in [3.05, 3.63) is 70.8 Å². The van der Waals surface area contributed by atoms with E-state index in [0.717, 1.165) is 39.2 Å². The summed E-state index contributed by atoms with van der Waals surface area (Å²) >= 11 is 0. The lowest BCUT2D eigenvalue weighted by Gasteiger charge is -2.34. The number of benzene rings is 2. The van der Waals surface area contributed by atoms with Crippen molar-refractivity contribution in [2.75, 3.05) is 20.2 Å². The number of carbonyl (C=O) groups excluding carboxylic acids is 2. The predicted molar refractivity (Wildman–Crippen MR) is 134 cm³/mol. The van der Waals surface area contributed by atoms with E-state index in [4.69, 9.17) is 9.94 Å². The second-order valence-electron chi connectivity index (χ2n) is 8.83. The molecule has 0 aliphatic carbocycles. The van der Waals surface area contributed by atoms with Crippen molar-refractivity contribution in [1.29, 1.82) is 0 Å². The Morgan fingerprint density at radius 1 is 1.03 bits per heavy atom. The molecule has 1 unspecified atom stereocenters. The largest absolute Gasteiger partial charge is 0.370 e. The van der Waals surface area contributed by atoms with E-state index in [2.05, 4.69) is 46.0 Å². The van der Waals surface area contributed by atoms with Crippen LogP contribution in [0.5, 0.6) is 0 Å². The monoisotopic (exact) mass is 509 g/mol. The van der Waals surface area contributed by atoms with Gasteiger partial charge < -0.3 is 10.1 Å². The molecule has 2 amide bonds. The topological polar surface area (TPSA) is 90.9 Å². The number of alkyl halides is 2. The molecule has 7 nitrogen and oxygen atoms in total. The lowest BCUT2D eigenvalue weighted by Crippen LogP contribution is -2.62. The smallest absolute Gasteiger partial charge is 0.269 e. The highest BCUT2D eigenvalue weighted by Gasteiger charge is 2.48. The van der Waals surface area contributed by atoms with Crippen molar-refractivity contribution in [2.45, 2.75) is 44.4 Å². The number of ether oxygens (including phenoxy) is 1. The minimum atomic E-state index is -3.12. The van der Waals surface area contributed by atoms with Crippen molar-refractivity contribution < 1.29 is 28.3 Å². The fourth-order valence-electron chi connectivity index (χ4n) is 3.89. The first-order valence-electron chi connectivity index (χ1n) is 11.8. The minimum absolute atomic E-state index is 0.106.